The molecule has 0 atom stereocenters. The monoisotopic (exact) mass is 493 g/mol. The van der Waals surface area contributed by atoms with Gasteiger partial charge in [0.25, 0.3) is 0 Å². The molecule has 11 heteroatoms. The number of nitriles is 1. The minimum Gasteiger partial charge on any atom is -0.353 e. The van der Waals surface area contributed by atoms with Crippen molar-refractivity contribution in [1.29, 1.82) is 5.26 Å². The molecule has 0 spiro atoms. The summed E-state index contributed by atoms with van der Waals surface area (Å²) in [6, 6.07) is 9.75. The van der Waals surface area contributed by atoms with Crippen molar-refractivity contribution in [2.75, 3.05) is 25.1 Å². The standard InChI is InChI=1S/C25H28FN7O3/c1-15(2)30-23(34)25(3)13-35-22(36-14-25)21-32-19(16-5-7-17(26)8-6-16)20(33-21)18-9-12-29-24(31-18)28-11-4-10-27/h5-9,12,15,22H,4,11,13-14H2,1-3H3,(H,30,34)(H,32,33)(H,28,29,31). The third kappa shape index (κ3) is 5.67. The third-order valence-corrected chi connectivity index (χ3v) is 5.57. The lowest BCUT2D eigenvalue weighted by atomic mass is 9.90. The van der Waals surface area contributed by atoms with Gasteiger partial charge in [-0.05, 0) is 51.1 Å². The highest BCUT2D eigenvalue weighted by atomic mass is 19.1. The van der Waals surface area contributed by atoms with E-state index in [9.17, 15) is 9.18 Å². The van der Waals surface area contributed by atoms with Crippen LogP contribution in [-0.4, -0.2) is 51.6 Å². The first kappa shape index (κ1) is 25.2. The van der Waals surface area contributed by atoms with E-state index in [1.165, 1.54) is 12.1 Å². The summed E-state index contributed by atoms with van der Waals surface area (Å²) in [5.41, 5.74) is 1.49. The summed E-state index contributed by atoms with van der Waals surface area (Å²) in [5.74, 6) is 0.259. The van der Waals surface area contributed by atoms with Gasteiger partial charge >= 0.3 is 0 Å². The number of imidazole rings is 1. The fourth-order valence-electron chi connectivity index (χ4n) is 3.65. The molecule has 0 radical (unpaired) electrons. The number of H-pyrrole nitrogens is 1. The predicted octanol–water partition coefficient (Wildman–Crippen LogP) is 3.57. The van der Waals surface area contributed by atoms with Crippen molar-refractivity contribution < 1.29 is 18.7 Å². The van der Waals surface area contributed by atoms with Crippen LogP contribution in [0.25, 0.3) is 22.6 Å². The van der Waals surface area contributed by atoms with Crippen LogP contribution in [0.2, 0.25) is 0 Å². The molecular formula is C25H28FN7O3. The second-order valence-corrected chi connectivity index (χ2v) is 9.10. The molecule has 0 aliphatic carbocycles. The number of hydrogen-bond acceptors (Lipinski definition) is 8. The molecule has 188 valence electrons. The van der Waals surface area contributed by atoms with Crippen LogP contribution in [0.1, 0.15) is 39.3 Å². The average Bonchev–Trinajstić information content (AvgIpc) is 3.30. The van der Waals surface area contributed by atoms with Crippen molar-refractivity contribution in [2.24, 2.45) is 5.41 Å². The Bertz CT molecular complexity index is 1250. The van der Waals surface area contributed by atoms with Crippen LogP contribution in [0, 0.1) is 22.6 Å². The Balaban J connectivity index is 1.63. The molecule has 36 heavy (non-hydrogen) atoms. The molecule has 1 fully saturated rings. The van der Waals surface area contributed by atoms with Gasteiger partial charge in [0.05, 0.1) is 48.2 Å². The molecule has 2 aromatic heterocycles. The van der Waals surface area contributed by atoms with Crippen LogP contribution in [0.3, 0.4) is 0 Å². The SMILES string of the molecule is CC(C)NC(=O)C1(C)COC(c2nc(-c3ccc(F)cc3)c(-c3ccnc(NCCC#N)n3)[nH]2)OC1. The Kier molecular flexibility index (Phi) is 7.57. The summed E-state index contributed by atoms with van der Waals surface area (Å²) in [6.45, 7) is 6.30. The van der Waals surface area contributed by atoms with E-state index in [2.05, 4.69) is 31.7 Å². The first-order valence-corrected chi connectivity index (χ1v) is 11.6. The van der Waals surface area contributed by atoms with E-state index in [1.54, 1.807) is 31.3 Å². The van der Waals surface area contributed by atoms with Crippen molar-refractivity contribution in [3.63, 3.8) is 0 Å². The number of hydrogen-bond donors (Lipinski definition) is 3. The number of aromatic nitrogens is 4. The lowest BCUT2D eigenvalue weighted by molar-refractivity contribution is -0.231. The average molecular weight is 494 g/mol. The largest absolute Gasteiger partial charge is 0.353 e. The molecular weight excluding hydrogens is 465 g/mol. The molecule has 1 aliphatic rings. The second-order valence-electron chi connectivity index (χ2n) is 9.10. The Hall–Kier alpha value is -3.88. The summed E-state index contributed by atoms with van der Waals surface area (Å²) in [5, 5.41) is 14.7. The van der Waals surface area contributed by atoms with Gasteiger partial charge in [-0.25, -0.2) is 19.3 Å². The van der Waals surface area contributed by atoms with Crippen LogP contribution in [0.15, 0.2) is 36.5 Å². The molecule has 10 nitrogen and oxygen atoms in total. The fraction of sp³-hybridized carbons (Fsp3) is 0.400. The highest BCUT2D eigenvalue weighted by Gasteiger charge is 2.41. The van der Waals surface area contributed by atoms with Crippen LogP contribution in [0.4, 0.5) is 10.3 Å². The first-order chi connectivity index (χ1) is 17.3. The zero-order valence-corrected chi connectivity index (χ0v) is 20.3. The number of carbonyl (C=O) groups excluding carboxylic acids is 1. The molecule has 4 rings (SSSR count). The molecule has 1 amide bonds. The van der Waals surface area contributed by atoms with Gasteiger partial charge in [0.15, 0.2) is 5.82 Å². The molecule has 0 bridgehead atoms. The maximum absolute atomic E-state index is 13.6. The lowest BCUT2D eigenvalue weighted by Crippen LogP contribution is -2.50. The van der Waals surface area contributed by atoms with E-state index in [-0.39, 0.29) is 31.0 Å². The number of halogens is 1. The van der Waals surface area contributed by atoms with Crippen molar-refractivity contribution in [3.05, 3.63) is 48.2 Å². The summed E-state index contributed by atoms with van der Waals surface area (Å²) in [6.07, 6.45) is 1.08. The number of amides is 1. The Labute approximate surface area is 208 Å². The molecule has 0 saturated carbocycles. The first-order valence-electron chi connectivity index (χ1n) is 11.6. The van der Waals surface area contributed by atoms with Crippen LogP contribution in [-0.2, 0) is 14.3 Å². The van der Waals surface area contributed by atoms with Gasteiger partial charge in [-0.2, -0.15) is 5.26 Å². The number of nitrogens with one attached hydrogen (secondary N) is 3. The van der Waals surface area contributed by atoms with E-state index in [0.29, 0.717) is 47.4 Å². The van der Waals surface area contributed by atoms with Gasteiger partial charge in [-0.3, -0.25) is 4.79 Å². The van der Waals surface area contributed by atoms with Crippen molar-refractivity contribution >= 4 is 11.9 Å². The van der Waals surface area contributed by atoms with E-state index in [0.717, 1.165) is 0 Å². The molecule has 1 saturated heterocycles. The lowest BCUT2D eigenvalue weighted by Gasteiger charge is -2.35. The highest BCUT2D eigenvalue weighted by molar-refractivity contribution is 5.83. The summed E-state index contributed by atoms with van der Waals surface area (Å²) >= 11 is 0. The Morgan fingerprint density at radius 3 is 2.64 bits per heavy atom. The van der Waals surface area contributed by atoms with E-state index >= 15 is 0 Å². The molecule has 0 unspecified atom stereocenters. The normalized spacial score (nSPS) is 19.6. The number of carbonyl (C=O) groups is 1. The fourth-order valence-corrected chi connectivity index (χ4v) is 3.65. The number of benzene rings is 1. The highest BCUT2D eigenvalue weighted by Crippen LogP contribution is 2.35. The third-order valence-electron chi connectivity index (χ3n) is 5.57. The number of nitrogens with zero attached hydrogens (tertiary/aromatic N) is 4. The van der Waals surface area contributed by atoms with Gasteiger partial charge in [0.1, 0.15) is 5.82 Å². The maximum atomic E-state index is 13.6. The molecule has 1 aromatic carbocycles. The molecule has 3 heterocycles. The minimum absolute atomic E-state index is 0.00472. The second kappa shape index (κ2) is 10.8. The summed E-state index contributed by atoms with van der Waals surface area (Å²) in [4.78, 5) is 29.3. The smallest absolute Gasteiger partial charge is 0.230 e. The zero-order valence-electron chi connectivity index (χ0n) is 20.3. The van der Waals surface area contributed by atoms with Crippen molar-refractivity contribution in [3.8, 4) is 28.7 Å². The molecule has 1 aliphatic heterocycles. The summed E-state index contributed by atoms with van der Waals surface area (Å²) in [7, 11) is 0. The van der Waals surface area contributed by atoms with E-state index < -0.39 is 11.7 Å². The van der Waals surface area contributed by atoms with Crippen LogP contribution in [0.5, 0.6) is 0 Å². The number of anilines is 1. The van der Waals surface area contributed by atoms with Gasteiger partial charge in [-0.15, -0.1) is 0 Å². The van der Waals surface area contributed by atoms with Gasteiger partial charge in [-0.1, -0.05) is 0 Å². The number of aromatic amines is 1. The zero-order chi connectivity index (χ0) is 25.7. The minimum atomic E-state index is -0.827. The number of rotatable bonds is 8. The van der Waals surface area contributed by atoms with Gasteiger partial charge in [0.2, 0.25) is 18.1 Å². The Morgan fingerprint density at radius 2 is 1.97 bits per heavy atom. The van der Waals surface area contributed by atoms with Gasteiger partial charge < -0.3 is 25.1 Å². The topological polar surface area (TPSA) is 138 Å². The van der Waals surface area contributed by atoms with E-state index in [1.807, 2.05) is 13.8 Å². The molecule has 3 N–H and O–H groups in total. The van der Waals surface area contributed by atoms with E-state index in [4.69, 9.17) is 19.7 Å². The number of ether oxygens (including phenoxy) is 2. The van der Waals surface area contributed by atoms with Crippen molar-refractivity contribution in [1.82, 2.24) is 25.3 Å². The van der Waals surface area contributed by atoms with Gasteiger partial charge in [0, 0.05) is 24.3 Å². The van der Waals surface area contributed by atoms with Crippen molar-refractivity contribution in [2.45, 2.75) is 39.5 Å². The molecule has 3 aromatic rings. The Morgan fingerprint density at radius 1 is 1.25 bits per heavy atom. The predicted molar refractivity (Wildman–Crippen MR) is 130 cm³/mol. The maximum Gasteiger partial charge on any atom is 0.230 e. The quantitative estimate of drug-likeness (QED) is 0.405. The summed E-state index contributed by atoms with van der Waals surface area (Å²) < 4.78 is 25.4. The van der Waals surface area contributed by atoms with Crippen LogP contribution >= 0.6 is 0 Å². The van der Waals surface area contributed by atoms with Crippen LogP contribution < -0.4 is 10.6 Å².